The van der Waals surface area contributed by atoms with Gasteiger partial charge in [0.25, 0.3) is 0 Å². The van der Waals surface area contributed by atoms with Crippen molar-refractivity contribution in [2.45, 2.75) is 5.03 Å². The summed E-state index contributed by atoms with van der Waals surface area (Å²) in [6.45, 7) is 3.14. The normalized spacial score (nSPS) is 14.9. The van der Waals surface area contributed by atoms with E-state index in [2.05, 4.69) is 32.5 Å². The second-order valence-electron chi connectivity index (χ2n) is 5.83. The van der Waals surface area contributed by atoms with Crippen LogP contribution in [0, 0.1) is 0 Å². The minimum Gasteiger partial charge on any atom is -0.352 e. The molecule has 0 unspecified atom stereocenters. The SMILES string of the molecule is O=C(CSc1ccccn1)N1CCN(c2nsc3ccccc23)CC1. The van der Waals surface area contributed by atoms with Crippen molar-refractivity contribution < 1.29 is 4.79 Å². The summed E-state index contributed by atoms with van der Waals surface area (Å²) in [5.41, 5.74) is 0. The van der Waals surface area contributed by atoms with Gasteiger partial charge in [-0.25, -0.2) is 4.98 Å². The van der Waals surface area contributed by atoms with Gasteiger partial charge in [-0.2, -0.15) is 4.37 Å². The number of benzene rings is 1. The topological polar surface area (TPSA) is 49.3 Å². The molecule has 0 saturated carbocycles. The molecule has 0 radical (unpaired) electrons. The Morgan fingerprint density at radius 3 is 2.68 bits per heavy atom. The van der Waals surface area contributed by atoms with Crippen LogP contribution in [0.4, 0.5) is 5.82 Å². The largest absolute Gasteiger partial charge is 0.352 e. The molecule has 25 heavy (non-hydrogen) atoms. The molecule has 3 aromatic rings. The van der Waals surface area contributed by atoms with Crippen LogP contribution >= 0.6 is 23.3 Å². The molecule has 1 amide bonds. The highest BCUT2D eigenvalue weighted by Gasteiger charge is 2.23. The summed E-state index contributed by atoms with van der Waals surface area (Å²) in [7, 11) is 0. The predicted molar refractivity (Wildman–Crippen MR) is 103 cm³/mol. The van der Waals surface area contributed by atoms with Crippen LogP contribution in [0.15, 0.2) is 53.7 Å². The molecule has 1 aliphatic heterocycles. The zero-order valence-electron chi connectivity index (χ0n) is 13.7. The smallest absolute Gasteiger partial charge is 0.233 e. The van der Waals surface area contributed by atoms with Crippen molar-refractivity contribution in [3.05, 3.63) is 48.7 Å². The molecule has 128 valence electrons. The summed E-state index contributed by atoms with van der Waals surface area (Å²) in [6, 6.07) is 14.1. The van der Waals surface area contributed by atoms with E-state index in [1.54, 1.807) is 6.20 Å². The minimum absolute atomic E-state index is 0.179. The fraction of sp³-hybridized carbons (Fsp3) is 0.278. The zero-order chi connectivity index (χ0) is 17.1. The Hall–Kier alpha value is -2.12. The van der Waals surface area contributed by atoms with Crippen LogP contribution in [0.25, 0.3) is 10.1 Å². The van der Waals surface area contributed by atoms with Gasteiger partial charge < -0.3 is 9.80 Å². The molecular weight excluding hydrogens is 352 g/mol. The highest BCUT2D eigenvalue weighted by molar-refractivity contribution is 7.99. The molecule has 7 heteroatoms. The molecule has 5 nitrogen and oxygen atoms in total. The van der Waals surface area contributed by atoms with E-state index in [1.807, 2.05) is 29.2 Å². The summed E-state index contributed by atoms with van der Waals surface area (Å²) in [5.74, 6) is 1.67. The first kappa shape index (κ1) is 16.4. The molecular formula is C18H18N4OS2. The summed E-state index contributed by atoms with van der Waals surface area (Å²) in [5, 5.41) is 2.10. The zero-order valence-corrected chi connectivity index (χ0v) is 15.3. The molecule has 3 heterocycles. The molecule has 1 aliphatic rings. The fourth-order valence-electron chi connectivity index (χ4n) is 2.93. The summed E-state index contributed by atoms with van der Waals surface area (Å²) >= 11 is 3.03. The van der Waals surface area contributed by atoms with Crippen LogP contribution in [0.1, 0.15) is 0 Å². The van der Waals surface area contributed by atoms with E-state index in [9.17, 15) is 4.79 Å². The molecule has 2 aromatic heterocycles. The van der Waals surface area contributed by atoms with Crippen LogP contribution in [0.5, 0.6) is 0 Å². The van der Waals surface area contributed by atoms with E-state index in [-0.39, 0.29) is 5.91 Å². The molecule has 0 atom stereocenters. The number of piperazine rings is 1. The van der Waals surface area contributed by atoms with Crippen molar-refractivity contribution in [2.24, 2.45) is 0 Å². The standard InChI is InChI=1S/C18H18N4OS2/c23-17(13-24-16-7-3-4-8-19-16)21-9-11-22(12-10-21)18-14-5-1-2-6-15(14)25-20-18/h1-8H,9-13H2. The number of hydrogen-bond acceptors (Lipinski definition) is 6. The number of pyridine rings is 1. The van der Waals surface area contributed by atoms with Crippen molar-refractivity contribution in [1.29, 1.82) is 0 Å². The first-order valence-corrected chi connectivity index (χ1v) is 9.98. The highest BCUT2D eigenvalue weighted by Crippen LogP contribution is 2.29. The van der Waals surface area contributed by atoms with E-state index < -0.39 is 0 Å². The lowest BCUT2D eigenvalue weighted by molar-refractivity contribution is -0.128. The van der Waals surface area contributed by atoms with E-state index >= 15 is 0 Å². The quantitative estimate of drug-likeness (QED) is 0.661. The first-order chi connectivity index (χ1) is 12.3. The molecule has 1 saturated heterocycles. The van der Waals surface area contributed by atoms with Crippen molar-refractivity contribution in [2.75, 3.05) is 36.8 Å². The molecule has 0 spiro atoms. The van der Waals surface area contributed by atoms with Crippen LogP contribution in [0.2, 0.25) is 0 Å². The number of thioether (sulfide) groups is 1. The number of aromatic nitrogens is 2. The van der Waals surface area contributed by atoms with Crippen molar-refractivity contribution >= 4 is 45.1 Å². The van der Waals surface area contributed by atoms with E-state index in [1.165, 1.54) is 33.4 Å². The van der Waals surface area contributed by atoms with E-state index in [0.717, 1.165) is 37.0 Å². The van der Waals surface area contributed by atoms with Gasteiger partial charge in [-0.1, -0.05) is 30.0 Å². The number of hydrogen-bond donors (Lipinski definition) is 0. The number of nitrogens with zero attached hydrogens (tertiary/aromatic N) is 4. The molecule has 1 aromatic carbocycles. The molecule has 4 rings (SSSR count). The molecule has 0 N–H and O–H groups in total. The fourth-order valence-corrected chi connectivity index (χ4v) is 4.49. The van der Waals surface area contributed by atoms with Gasteiger partial charge in [0.15, 0.2) is 0 Å². The van der Waals surface area contributed by atoms with Gasteiger partial charge in [0.05, 0.1) is 15.5 Å². The molecule has 0 bridgehead atoms. The summed E-state index contributed by atoms with van der Waals surface area (Å²) in [6.07, 6.45) is 1.75. The Labute approximate surface area is 154 Å². The van der Waals surface area contributed by atoms with Gasteiger partial charge in [0, 0.05) is 37.8 Å². The Balaban J connectivity index is 1.34. The highest BCUT2D eigenvalue weighted by atomic mass is 32.2. The van der Waals surface area contributed by atoms with Crippen LogP contribution in [-0.2, 0) is 4.79 Å². The number of rotatable bonds is 4. The van der Waals surface area contributed by atoms with Gasteiger partial charge in [-0.15, -0.1) is 0 Å². The number of carbonyl (C=O) groups excluding carboxylic acids is 1. The maximum Gasteiger partial charge on any atom is 0.233 e. The molecule has 1 fully saturated rings. The van der Waals surface area contributed by atoms with Crippen LogP contribution < -0.4 is 4.90 Å². The monoisotopic (exact) mass is 370 g/mol. The van der Waals surface area contributed by atoms with Crippen LogP contribution in [0.3, 0.4) is 0 Å². The second kappa shape index (κ2) is 7.41. The maximum absolute atomic E-state index is 12.4. The lowest BCUT2D eigenvalue weighted by Crippen LogP contribution is -2.49. The van der Waals surface area contributed by atoms with Crippen LogP contribution in [-0.4, -0.2) is 52.1 Å². The first-order valence-electron chi connectivity index (χ1n) is 8.22. The number of carbonyl (C=O) groups is 1. The lowest BCUT2D eigenvalue weighted by atomic mass is 10.2. The third-order valence-electron chi connectivity index (χ3n) is 4.27. The van der Waals surface area contributed by atoms with Crippen molar-refractivity contribution in [3.8, 4) is 0 Å². The Morgan fingerprint density at radius 2 is 1.88 bits per heavy atom. The van der Waals surface area contributed by atoms with Crippen molar-refractivity contribution in [3.63, 3.8) is 0 Å². The van der Waals surface area contributed by atoms with Gasteiger partial charge in [0.2, 0.25) is 5.91 Å². The average molecular weight is 371 g/mol. The van der Waals surface area contributed by atoms with Gasteiger partial charge in [-0.3, -0.25) is 4.79 Å². The Bertz CT molecular complexity index is 860. The van der Waals surface area contributed by atoms with E-state index in [0.29, 0.717) is 5.75 Å². The third kappa shape index (κ3) is 3.62. The summed E-state index contributed by atoms with van der Waals surface area (Å²) < 4.78 is 5.83. The maximum atomic E-state index is 12.4. The number of amides is 1. The lowest BCUT2D eigenvalue weighted by Gasteiger charge is -2.35. The van der Waals surface area contributed by atoms with Crippen molar-refractivity contribution in [1.82, 2.24) is 14.3 Å². The van der Waals surface area contributed by atoms with Gasteiger partial charge in [0.1, 0.15) is 5.82 Å². The predicted octanol–water partition coefficient (Wildman–Crippen LogP) is 3.13. The minimum atomic E-state index is 0.179. The Morgan fingerprint density at radius 1 is 1.08 bits per heavy atom. The second-order valence-corrected chi connectivity index (χ2v) is 7.63. The van der Waals surface area contributed by atoms with Gasteiger partial charge >= 0.3 is 0 Å². The number of fused-ring (bicyclic) bond motifs is 1. The summed E-state index contributed by atoms with van der Waals surface area (Å²) in [4.78, 5) is 20.9. The molecule has 0 aliphatic carbocycles. The third-order valence-corrected chi connectivity index (χ3v) is 6.02. The van der Waals surface area contributed by atoms with Gasteiger partial charge in [-0.05, 0) is 35.8 Å². The Kier molecular flexibility index (Phi) is 4.85. The average Bonchev–Trinajstić information content (AvgIpc) is 3.11. The number of anilines is 1. The van der Waals surface area contributed by atoms with E-state index in [4.69, 9.17) is 0 Å².